The average molecular weight is 595 g/mol. The summed E-state index contributed by atoms with van der Waals surface area (Å²) in [5.74, 6) is -1.37. The first kappa shape index (κ1) is 29.6. The Morgan fingerprint density at radius 1 is 1.21 bits per heavy atom. The zero-order chi connectivity index (χ0) is 30.3. The molecule has 1 aromatic carbocycles. The maximum Gasteiger partial charge on any atom is 0.332 e. The SMILES string of the molecule is COCC(=O)O[C@H]1C[C@H](n2c(N[C@@H](Cc3cnc[nH]3)C(=O)OC)nc3c(NC(=O)c4ccccc4)ncnc32)O[C@@H]1CO. The van der Waals surface area contributed by atoms with Crippen LogP contribution in [0.1, 0.15) is 28.7 Å². The van der Waals surface area contributed by atoms with Crippen molar-refractivity contribution in [1.82, 2.24) is 29.5 Å². The third-order valence-corrected chi connectivity index (χ3v) is 6.71. The van der Waals surface area contributed by atoms with Crippen molar-refractivity contribution < 1.29 is 38.4 Å². The van der Waals surface area contributed by atoms with Crippen LogP contribution in [-0.2, 0) is 35.0 Å². The number of hydrogen-bond donors (Lipinski definition) is 4. The lowest BCUT2D eigenvalue weighted by Gasteiger charge is -2.20. The molecule has 43 heavy (non-hydrogen) atoms. The molecule has 4 aromatic rings. The molecule has 0 radical (unpaired) electrons. The fraction of sp³-hybridized carbons (Fsp3) is 0.370. The molecule has 1 aliphatic rings. The molecule has 1 amide bonds. The number of nitrogens with zero attached hydrogens (tertiary/aromatic N) is 5. The number of esters is 2. The highest BCUT2D eigenvalue weighted by atomic mass is 16.6. The van der Waals surface area contributed by atoms with Crippen molar-refractivity contribution in [3.8, 4) is 0 Å². The molecule has 1 fully saturated rings. The number of aromatic nitrogens is 6. The number of carbonyl (C=O) groups excluding carboxylic acids is 3. The highest BCUT2D eigenvalue weighted by molar-refractivity contribution is 6.06. The second-order valence-corrected chi connectivity index (χ2v) is 9.53. The van der Waals surface area contributed by atoms with Gasteiger partial charge < -0.3 is 39.7 Å². The Morgan fingerprint density at radius 3 is 2.72 bits per heavy atom. The average Bonchev–Trinajstić information content (AvgIpc) is 3.76. The number of aromatic amines is 1. The van der Waals surface area contributed by atoms with Gasteiger partial charge in [0.25, 0.3) is 5.91 Å². The molecule has 4 atom stereocenters. The predicted molar refractivity (Wildman–Crippen MR) is 149 cm³/mol. The maximum atomic E-state index is 13.0. The first-order chi connectivity index (χ1) is 20.9. The molecule has 16 heteroatoms. The van der Waals surface area contributed by atoms with E-state index in [2.05, 4.69) is 35.6 Å². The van der Waals surface area contributed by atoms with Gasteiger partial charge in [0.15, 0.2) is 17.0 Å². The van der Waals surface area contributed by atoms with E-state index in [1.165, 1.54) is 26.9 Å². The van der Waals surface area contributed by atoms with Gasteiger partial charge in [-0.25, -0.2) is 29.5 Å². The van der Waals surface area contributed by atoms with Gasteiger partial charge in [0.2, 0.25) is 5.95 Å². The van der Waals surface area contributed by atoms with E-state index in [0.29, 0.717) is 11.3 Å². The standard InChI is InChI=1S/C27H30N8O8/c1-40-12-21(37)43-18-9-20(42-19(18)11-36)35-24-22(23(30-14-31-24)34-25(38)15-6-4-3-5-7-15)33-27(35)32-17(26(39)41-2)8-16-10-28-13-29-16/h3-7,10,13-14,17-20,36H,8-9,11-12H2,1-2H3,(H,28,29)(H,32,33)(H,30,31,34,38)/t17-,18-,19+,20+/m0/s1. The van der Waals surface area contributed by atoms with Crippen LogP contribution in [-0.4, -0.2) is 98.1 Å². The summed E-state index contributed by atoms with van der Waals surface area (Å²) in [4.78, 5) is 58.2. The van der Waals surface area contributed by atoms with Crippen LogP contribution in [0.3, 0.4) is 0 Å². The monoisotopic (exact) mass is 594 g/mol. The number of H-pyrrole nitrogens is 1. The number of imidazole rings is 2. The molecule has 0 aliphatic carbocycles. The Kier molecular flexibility index (Phi) is 9.19. The van der Waals surface area contributed by atoms with Gasteiger partial charge in [-0.1, -0.05) is 18.2 Å². The third kappa shape index (κ3) is 6.61. The minimum Gasteiger partial charge on any atom is -0.467 e. The van der Waals surface area contributed by atoms with Gasteiger partial charge in [-0.15, -0.1) is 0 Å². The quantitative estimate of drug-likeness (QED) is 0.168. The fourth-order valence-electron chi connectivity index (χ4n) is 4.72. The van der Waals surface area contributed by atoms with Crippen LogP contribution in [0.25, 0.3) is 11.2 Å². The molecule has 226 valence electrons. The molecule has 4 N–H and O–H groups in total. The highest BCUT2D eigenvalue weighted by Gasteiger charge is 2.41. The molecule has 0 saturated carbocycles. The van der Waals surface area contributed by atoms with Gasteiger partial charge in [-0.05, 0) is 12.1 Å². The van der Waals surface area contributed by atoms with Gasteiger partial charge in [0, 0.05) is 37.4 Å². The molecule has 3 aromatic heterocycles. The van der Waals surface area contributed by atoms with Crippen molar-refractivity contribution in [2.45, 2.75) is 37.3 Å². The Labute approximate surface area is 244 Å². The normalized spacial score (nSPS) is 18.7. The summed E-state index contributed by atoms with van der Waals surface area (Å²) in [5, 5.41) is 15.9. The maximum absolute atomic E-state index is 13.0. The lowest BCUT2D eigenvalue weighted by atomic mass is 10.1. The minimum atomic E-state index is -0.929. The number of anilines is 2. The summed E-state index contributed by atoms with van der Waals surface area (Å²) in [6.45, 7) is -0.707. The molecule has 16 nitrogen and oxygen atoms in total. The predicted octanol–water partition coefficient (Wildman–Crippen LogP) is 0.836. The number of aliphatic hydroxyl groups is 1. The second kappa shape index (κ2) is 13.4. The van der Waals surface area contributed by atoms with Crippen LogP contribution in [0.15, 0.2) is 49.2 Å². The van der Waals surface area contributed by atoms with E-state index in [4.69, 9.17) is 18.9 Å². The van der Waals surface area contributed by atoms with E-state index < -0.39 is 48.9 Å². The van der Waals surface area contributed by atoms with Crippen LogP contribution < -0.4 is 10.6 Å². The minimum absolute atomic E-state index is 0.111. The molecule has 5 rings (SSSR count). The lowest BCUT2D eigenvalue weighted by molar-refractivity contribution is -0.157. The number of aliphatic hydroxyl groups excluding tert-OH is 1. The fourth-order valence-corrected chi connectivity index (χ4v) is 4.72. The van der Waals surface area contributed by atoms with E-state index in [1.807, 2.05) is 0 Å². The Morgan fingerprint density at radius 2 is 2.02 bits per heavy atom. The molecular weight excluding hydrogens is 564 g/mol. The van der Waals surface area contributed by atoms with Gasteiger partial charge in [-0.2, -0.15) is 0 Å². The van der Waals surface area contributed by atoms with Crippen molar-refractivity contribution in [3.05, 3.63) is 60.4 Å². The van der Waals surface area contributed by atoms with Crippen LogP contribution in [0.4, 0.5) is 11.8 Å². The van der Waals surface area contributed by atoms with Crippen molar-refractivity contribution >= 4 is 40.8 Å². The van der Waals surface area contributed by atoms with Crippen molar-refractivity contribution in [1.29, 1.82) is 0 Å². The van der Waals surface area contributed by atoms with Crippen LogP contribution in [0.2, 0.25) is 0 Å². The molecular formula is C27H30N8O8. The Hall–Kier alpha value is -4.93. The molecule has 0 spiro atoms. The number of hydrogen-bond acceptors (Lipinski definition) is 13. The highest BCUT2D eigenvalue weighted by Crippen LogP contribution is 2.36. The topological polar surface area (TPSA) is 205 Å². The summed E-state index contributed by atoms with van der Waals surface area (Å²) < 4.78 is 23.0. The number of ether oxygens (including phenoxy) is 4. The van der Waals surface area contributed by atoms with Crippen molar-refractivity contribution in [2.24, 2.45) is 0 Å². The number of benzene rings is 1. The molecule has 0 bridgehead atoms. The van der Waals surface area contributed by atoms with Gasteiger partial charge in [-0.3, -0.25) is 9.36 Å². The first-order valence-corrected chi connectivity index (χ1v) is 13.3. The Bertz CT molecular complexity index is 1560. The van der Waals surface area contributed by atoms with Crippen LogP contribution in [0.5, 0.6) is 0 Å². The smallest absolute Gasteiger partial charge is 0.332 e. The summed E-state index contributed by atoms with van der Waals surface area (Å²) >= 11 is 0. The number of amides is 1. The van der Waals surface area contributed by atoms with Crippen molar-refractivity contribution in [2.75, 3.05) is 38.1 Å². The Balaban J connectivity index is 1.54. The second-order valence-electron chi connectivity index (χ2n) is 9.53. The van der Waals surface area contributed by atoms with Gasteiger partial charge in [0.1, 0.15) is 37.4 Å². The molecule has 0 unspecified atom stereocenters. The van der Waals surface area contributed by atoms with E-state index in [0.717, 1.165) is 0 Å². The number of nitrogens with one attached hydrogen (secondary N) is 3. The van der Waals surface area contributed by atoms with E-state index in [-0.39, 0.29) is 42.4 Å². The number of methoxy groups -OCH3 is 2. The van der Waals surface area contributed by atoms with Gasteiger partial charge in [0.05, 0.1) is 20.0 Å². The summed E-state index contributed by atoms with van der Waals surface area (Å²) in [7, 11) is 2.63. The third-order valence-electron chi connectivity index (χ3n) is 6.71. The van der Waals surface area contributed by atoms with E-state index in [1.54, 1.807) is 41.1 Å². The van der Waals surface area contributed by atoms with Crippen LogP contribution >= 0.6 is 0 Å². The summed E-state index contributed by atoms with van der Waals surface area (Å²) in [6, 6.07) is 7.64. The van der Waals surface area contributed by atoms with E-state index >= 15 is 0 Å². The molecule has 1 aliphatic heterocycles. The first-order valence-electron chi connectivity index (χ1n) is 13.3. The molecule has 4 heterocycles. The van der Waals surface area contributed by atoms with Crippen molar-refractivity contribution in [3.63, 3.8) is 0 Å². The van der Waals surface area contributed by atoms with Gasteiger partial charge >= 0.3 is 11.9 Å². The zero-order valence-electron chi connectivity index (χ0n) is 23.3. The molecule has 1 saturated heterocycles. The summed E-state index contributed by atoms with van der Waals surface area (Å²) in [5.41, 5.74) is 1.51. The number of rotatable bonds is 12. The number of carbonyl (C=O) groups is 3. The lowest BCUT2D eigenvalue weighted by Crippen LogP contribution is -2.34. The van der Waals surface area contributed by atoms with E-state index in [9.17, 15) is 19.5 Å². The largest absolute Gasteiger partial charge is 0.467 e. The number of fused-ring (bicyclic) bond motifs is 1. The summed E-state index contributed by atoms with van der Waals surface area (Å²) in [6.07, 6.45) is 2.06. The van der Waals surface area contributed by atoms with Crippen LogP contribution in [0, 0.1) is 0 Å². The zero-order valence-corrected chi connectivity index (χ0v) is 23.3.